The van der Waals surface area contributed by atoms with E-state index in [9.17, 15) is 4.79 Å². The zero-order valence-corrected chi connectivity index (χ0v) is 16.2. The molecule has 0 fully saturated rings. The van der Waals surface area contributed by atoms with Crippen molar-refractivity contribution in [2.24, 2.45) is 0 Å². The predicted octanol–water partition coefficient (Wildman–Crippen LogP) is 4.66. The van der Waals surface area contributed by atoms with E-state index in [2.05, 4.69) is 29.6 Å². The molecule has 3 aromatic rings. The van der Waals surface area contributed by atoms with Gasteiger partial charge in [-0.3, -0.25) is 4.79 Å². The minimum Gasteiger partial charge on any atom is -0.493 e. The molecule has 0 spiro atoms. The molecule has 4 heteroatoms. The number of nitrogens with one attached hydrogen (secondary N) is 1. The molecule has 0 aliphatic heterocycles. The monoisotopic (exact) mass is 375 g/mol. The minimum atomic E-state index is -0.124. The van der Waals surface area contributed by atoms with Crippen LogP contribution in [0.15, 0.2) is 78.9 Å². The highest BCUT2D eigenvalue weighted by molar-refractivity contribution is 5.94. The number of hydrogen-bond donors (Lipinski definition) is 1. The molecule has 0 heterocycles. The van der Waals surface area contributed by atoms with Crippen molar-refractivity contribution in [2.45, 2.75) is 12.3 Å². The Kier molecular flexibility index (Phi) is 6.68. The number of amides is 1. The van der Waals surface area contributed by atoms with Gasteiger partial charge in [-0.2, -0.15) is 0 Å². The Morgan fingerprint density at radius 2 is 1.39 bits per heavy atom. The van der Waals surface area contributed by atoms with E-state index in [0.717, 1.165) is 6.42 Å². The summed E-state index contributed by atoms with van der Waals surface area (Å²) in [5.74, 6) is 1.25. The molecule has 4 nitrogen and oxygen atoms in total. The van der Waals surface area contributed by atoms with E-state index in [1.165, 1.54) is 11.1 Å². The fraction of sp³-hybridized carbons (Fsp3) is 0.208. The predicted molar refractivity (Wildman–Crippen MR) is 111 cm³/mol. The summed E-state index contributed by atoms with van der Waals surface area (Å²) in [6, 6.07) is 25.9. The molecular formula is C24H25NO3. The van der Waals surface area contributed by atoms with Crippen LogP contribution in [0.3, 0.4) is 0 Å². The summed E-state index contributed by atoms with van der Waals surface area (Å²) in [4.78, 5) is 12.6. The number of rotatable bonds is 8. The molecule has 0 radical (unpaired) electrons. The topological polar surface area (TPSA) is 47.6 Å². The van der Waals surface area contributed by atoms with E-state index in [0.29, 0.717) is 23.6 Å². The van der Waals surface area contributed by atoms with Crippen molar-refractivity contribution >= 4 is 5.91 Å². The quantitative estimate of drug-likeness (QED) is 0.623. The van der Waals surface area contributed by atoms with Crippen molar-refractivity contribution < 1.29 is 14.3 Å². The molecule has 0 unspecified atom stereocenters. The van der Waals surface area contributed by atoms with E-state index in [1.54, 1.807) is 32.4 Å². The van der Waals surface area contributed by atoms with Gasteiger partial charge in [0.25, 0.3) is 5.91 Å². The second-order valence-electron chi connectivity index (χ2n) is 6.49. The van der Waals surface area contributed by atoms with E-state index in [-0.39, 0.29) is 11.8 Å². The van der Waals surface area contributed by atoms with Crippen LogP contribution in [-0.4, -0.2) is 26.7 Å². The SMILES string of the molecule is COc1ccc(C(=O)NCCC(c2ccccc2)c2ccccc2)cc1OC. The first-order chi connectivity index (χ1) is 13.7. The van der Waals surface area contributed by atoms with Gasteiger partial charge in [0.1, 0.15) is 0 Å². The highest BCUT2D eigenvalue weighted by Crippen LogP contribution is 2.28. The van der Waals surface area contributed by atoms with Crippen molar-refractivity contribution in [1.82, 2.24) is 5.32 Å². The van der Waals surface area contributed by atoms with Crippen molar-refractivity contribution in [2.75, 3.05) is 20.8 Å². The molecule has 144 valence electrons. The number of benzene rings is 3. The zero-order valence-electron chi connectivity index (χ0n) is 16.2. The van der Waals surface area contributed by atoms with Gasteiger partial charge in [0.2, 0.25) is 0 Å². The van der Waals surface area contributed by atoms with Crippen molar-refractivity contribution in [3.8, 4) is 11.5 Å². The molecule has 0 bridgehead atoms. The van der Waals surface area contributed by atoms with E-state index < -0.39 is 0 Å². The van der Waals surface area contributed by atoms with Crippen molar-refractivity contribution in [3.63, 3.8) is 0 Å². The number of ether oxygens (including phenoxy) is 2. The van der Waals surface area contributed by atoms with Crippen LogP contribution in [0.5, 0.6) is 11.5 Å². The Balaban J connectivity index is 1.68. The smallest absolute Gasteiger partial charge is 0.251 e. The van der Waals surface area contributed by atoms with Crippen molar-refractivity contribution in [3.05, 3.63) is 95.6 Å². The number of hydrogen-bond acceptors (Lipinski definition) is 3. The number of carbonyl (C=O) groups excluding carboxylic acids is 1. The average molecular weight is 375 g/mol. The van der Waals surface area contributed by atoms with Crippen LogP contribution in [0.1, 0.15) is 33.8 Å². The van der Waals surface area contributed by atoms with Crippen LogP contribution in [0, 0.1) is 0 Å². The Bertz CT molecular complexity index is 855. The van der Waals surface area contributed by atoms with Crippen LogP contribution in [0.4, 0.5) is 0 Å². The van der Waals surface area contributed by atoms with Gasteiger partial charge in [0.15, 0.2) is 11.5 Å². The van der Waals surface area contributed by atoms with Crippen LogP contribution in [-0.2, 0) is 0 Å². The minimum absolute atomic E-state index is 0.124. The second kappa shape index (κ2) is 9.60. The molecule has 0 saturated carbocycles. The fourth-order valence-corrected chi connectivity index (χ4v) is 3.31. The molecule has 3 aromatic carbocycles. The lowest BCUT2D eigenvalue weighted by molar-refractivity contribution is 0.0952. The maximum absolute atomic E-state index is 12.6. The summed E-state index contributed by atoms with van der Waals surface area (Å²) < 4.78 is 10.5. The Labute approximate surface area is 166 Å². The summed E-state index contributed by atoms with van der Waals surface area (Å²) in [6.45, 7) is 0.571. The van der Waals surface area contributed by atoms with Crippen LogP contribution < -0.4 is 14.8 Å². The lowest BCUT2D eigenvalue weighted by atomic mass is 9.88. The highest BCUT2D eigenvalue weighted by Gasteiger charge is 2.15. The third-order valence-electron chi connectivity index (χ3n) is 4.77. The molecule has 0 saturated heterocycles. The van der Waals surface area contributed by atoms with Gasteiger partial charge in [-0.1, -0.05) is 60.7 Å². The lowest BCUT2D eigenvalue weighted by Gasteiger charge is -2.18. The fourth-order valence-electron chi connectivity index (χ4n) is 3.31. The third kappa shape index (κ3) is 4.71. The Morgan fingerprint density at radius 1 is 0.821 bits per heavy atom. The maximum Gasteiger partial charge on any atom is 0.251 e. The molecule has 0 aliphatic carbocycles. The second-order valence-corrected chi connectivity index (χ2v) is 6.49. The van der Waals surface area contributed by atoms with Gasteiger partial charge in [-0.15, -0.1) is 0 Å². The van der Waals surface area contributed by atoms with Crippen molar-refractivity contribution in [1.29, 1.82) is 0 Å². The molecule has 1 N–H and O–H groups in total. The number of carbonyl (C=O) groups is 1. The zero-order chi connectivity index (χ0) is 19.8. The molecule has 1 amide bonds. The van der Waals surface area contributed by atoms with Crippen LogP contribution >= 0.6 is 0 Å². The summed E-state index contributed by atoms with van der Waals surface area (Å²) in [6.07, 6.45) is 0.813. The van der Waals surface area contributed by atoms with Gasteiger partial charge < -0.3 is 14.8 Å². The first kappa shape index (κ1) is 19.5. The van der Waals surface area contributed by atoms with Crippen LogP contribution in [0.25, 0.3) is 0 Å². The van der Waals surface area contributed by atoms with Gasteiger partial charge >= 0.3 is 0 Å². The van der Waals surface area contributed by atoms with Crippen LogP contribution in [0.2, 0.25) is 0 Å². The Morgan fingerprint density at radius 3 is 1.93 bits per heavy atom. The molecule has 0 atom stereocenters. The standard InChI is InChI=1S/C24H25NO3/c1-27-22-14-13-20(17-23(22)28-2)24(26)25-16-15-21(18-9-5-3-6-10-18)19-11-7-4-8-12-19/h3-14,17,21H,15-16H2,1-2H3,(H,25,26). The van der Waals surface area contributed by atoms with E-state index in [1.807, 2.05) is 36.4 Å². The van der Waals surface area contributed by atoms with Gasteiger partial charge in [0.05, 0.1) is 14.2 Å². The largest absolute Gasteiger partial charge is 0.493 e. The molecule has 28 heavy (non-hydrogen) atoms. The number of methoxy groups -OCH3 is 2. The first-order valence-corrected chi connectivity index (χ1v) is 9.33. The summed E-state index contributed by atoms with van der Waals surface area (Å²) in [5, 5.41) is 3.02. The molecular weight excluding hydrogens is 350 g/mol. The summed E-state index contributed by atoms with van der Waals surface area (Å²) in [5.41, 5.74) is 3.04. The average Bonchev–Trinajstić information content (AvgIpc) is 2.77. The molecule has 0 aliphatic rings. The summed E-state index contributed by atoms with van der Waals surface area (Å²) >= 11 is 0. The first-order valence-electron chi connectivity index (χ1n) is 9.33. The highest BCUT2D eigenvalue weighted by atomic mass is 16.5. The van der Waals surface area contributed by atoms with Gasteiger partial charge in [-0.25, -0.2) is 0 Å². The van der Waals surface area contributed by atoms with E-state index >= 15 is 0 Å². The maximum atomic E-state index is 12.6. The van der Waals surface area contributed by atoms with E-state index in [4.69, 9.17) is 9.47 Å². The lowest BCUT2D eigenvalue weighted by Crippen LogP contribution is -2.25. The normalized spacial score (nSPS) is 10.5. The third-order valence-corrected chi connectivity index (χ3v) is 4.77. The van der Waals surface area contributed by atoms with Gasteiger partial charge in [-0.05, 0) is 35.7 Å². The Hall–Kier alpha value is -3.27. The summed E-state index contributed by atoms with van der Waals surface area (Å²) in [7, 11) is 3.13. The molecule has 0 aromatic heterocycles. The molecule has 3 rings (SSSR count). The van der Waals surface area contributed by atoms with Gasteiger partial charge in [0, 0.05) is 18.0 Å².